The average Bonchev–Trinajstić information content (AvgIpc) is 2.61. The molecule has 6 heteroatoms. The van der Waals surface area contributed by atoms with E-state index in [1.807, 2.05) is 30.3 Å². The lowest BCUT2D eigenvalue weighted by molar-refractivity contribution is -0.127. The number of pyridine rings is 1. The van der Waals surface area contributed by atoms with E-state index in [4.69, 9.17) is 10.5 Å². The van der Waals surface area contributed by atoms with E-state index in [1.165, 1.54) is 0 Å². The second-order valence-corrected chi connectivity index (χ2v) is 6.21. The predicted molar refractivity (Wildman–Crippen MR) is 91.6 cm³/mol. The van der Waals surface area contributed by atoms with Crippen LogP contribution in [0.3, 0.4) is 0 Å². The van der Waals surface area contributed by atoms with Crippen LogP contribution >= 0.6 is 0 Å². The molecule has 1 aromatic carbocycles. The van der Waals surface area contributed by atoms with Gasteiger partial charge in [0.2, 0.25) is 5.91 Å². The number of hydrogen-bond acceptors (Lipinski definition) is 5. The fraction of sp³-hybridized carbons (Fsp3) is 0.444. The van der Waals surface area contributed by atoms with Gasteiger partial charge in [0.15, 0.2) is 0 Å². The average molecular weight is 329 g/mol. The van der Waals surface area contributed by atoms with E-state index < -0.39 is 6.10 Å². The smallest absolute Gasteiger partial charge is 0.223 e. The van der Waals surface area contributed by atoms with E-state index in [0.29, 0.717) is 31.7 Å². The minimum Gasteiger partial charge on any atom is -0.489 e. The molecule has 24 heavy (non-hydrogen) atoms. The molecule has 1 amide bonds. The van der Waals surface area contributed by atoms with Gasteiger partial charge in [0.1, 0.15) is 17.9 Å². The second-order valence-electron chi connectivity index (χ2n) is 6.21. The molecule has 1 heterocycles. The van der Waals surface area contributed by atoms with Gasteiger partial charge in [0.25, 0.3) is 0 Å². The molecule has 3 rings (SSSR count). The molecule has 0 bridgehead atoms. The number of fused-ring (bicyclic) bond motifs is 1. The lowest BCUT2D eigenvalue weighted by Gasteiger charge is -2.29. The monoisotopic (exact) mass is 329 g/mol. The number of aromatic nitrogens is 1. The first-order valence-electron chi connectivity index (χ1n) is 8.33. The summed E-state index contributed by atoms with van der Waals surface area (Å²) in [7, 11) is 0. The van der Waals surface area contributed by atoms with Crippen LogP contribution in [-0.2, 0) is 4.79 Å². The standard InChI is InChI=1S/C18H23N3O3/c19-14-7-6-13(11-15(14)22)18(23)21-9-10-24-16-5-1-3-12-4-2-8-20-17(12)16/h1-5,8,13-15,22H,6-7,9-11,19H2,(H,21,23)/t13-,14+,15+/m0/s1. The Morgan fingerprint density at radius 1 is 1.33 bits per heavy atom. The number of benzene rings is 1. The molecule has 0 radical (unpaired) electrons. The van der Waals surface area contributed by atoms with Gasteiger partial charge in [-0.15, -0.1) is 0 Å². The first-order valence-corrected chi connectivity index (χ1v) is 8.33. The number of aliphatic hydroxyl groups excluding tert-OH is 1. The van der Waals surface area contributed by atoms with E-state index in [1.54, 1.807) is 6.20 Å². The molecule has 1 aromatic heterocycles. The molecule has 128 valence electrons. The largest absolute Gasteiger partial charge is 0.489 e. The van der Waals surface area contributed by atoms with Crippen LogP contribution in [0.5, 0.6) is 5.75 Å². The SMILES string of the molecule is N[C@@H]1CC[C@H](C(=O)NCCOc2cccc3cccnc23)C[C@H]1O. The molecule has 1 saturated carbocycles. The molecule has 1 aliphatic carbocycles. The molecule has 1 aliphatic rings. The lowest BCUT2D eigenvalue weighted by atomic mass is 9.84. The fourth-order valence-corrected chi connectivity index (χ4v) is 3.08. The van der Waals surface area contributed by atoms with Gasteiger partial charge in [-0.2, -0.15) is 0 Å². The summed E-state index contributed by atoms with van der Waals surface area (Å²) < 4.78 is 5.75. The van der Waals surface area contributed by atoms with Gasteiger partial charge in [0, 0.05) is 23.5 Å². The number of carbonyl (C=O) groups is 1. The van der Waals surface area contributed by atoms with Crippen LogP contribution in [0.25, 0.3) is 10.9 Å². The van der Waals surface area contributed by atoms with Crippen LogP contribution in [0.4, 0.5) is 0 Å². The Hall–Kier alpha value is -2.18. The Kier molecular flexibility index (Phi) is 5.27. The lowest BCUT2D eigenvalue weighted by Crippen LogP contribution is -2.45. The highest BCUT2D eigenvalue weighted by Crippen LogP contribution is 2.24. The summed E-state index contributed by atoms with van der Waals surface area (Å²) >= 11 is 0. The maximum atomic E-state index is 12.1. The summed E-state index contributed by atoms with van der Waals surface area (Å²) in [5.41, 5.74) is 6.58. The third-order valence-electron chi connectivity index (χ3n) is 4.49. The molecule has 4 N–H and O–H groups in total. The number of ether oxygens (including phenoxy) is 1. The minimum atomic E-state index is -0.590. The number of hydrogen-bond donors (Lipinski definition) is 3. The molecule has 2 aromatic rings. The minimum absolute atomic E-state index is 0.0411. The van der Waals surface area contributed by atoms with Gasteiger partial charge in [-0.05, 0) is 31.4 Å². The summed E-state index contributed by atoms with van der Waals surface area (Å²) in [6.07, 6.45) is 2.97. The number of aliphatic hydroxyl groups is 1. The fourth-order valence-electron chi connectivity index (χ4n) is 3.08. The van der Waals surface area contributed by atoms with E-state index in [-0.39, 0.29) is 17.9 Å². The van der Waals surface area contributed by atoms with Crippen molar-refractivity contribution in [1.29, 1.82) is 0 Å². The van der Waals surface area contributed by atoms with Crippen LogP contribution in [0.1, 0.15) is 19.3 Å². The van der Waals surface area contributed by atoms with Crippen LogP contribution in [0.15, 0.2) is 36.5 Å². The highest BCUT2D eigenvalue weighted by atomic mass is 16.5. The Morgan fingerprint density at radius 2 is 2.17 bits per heavy atom. The highest BCUT2D eigenvalue weighted by Gasteiger charge is 2.30. The Morgan fingerprint density at radius 3 is 3.00 bits per heavy atom. The van der Waals surface area contributed by atoms with Gasteiger partial charge in [-0.3, -0.25) is 9.78 Å². The summed E-state index contributed by atoms with van der Waals surface area (Å²) in [4.78, 5) is 16.5. The molecule has 3 atom stereocenters. The topological polar surface area (TPSA) is 97.5 Å². The molecule has 1 fully saturated rings. The normalized spacial score (nSPS) is 23.8. The molecule has 6 nitrogen and oxygen atoms in total. The summed E-state index contributed by atoms with van der Waals surface area (Å²) in [6, 6.07) is 9.43. The zero-order valence-electron chi connectivity index (χ0n) is 13.5. The first-order chi connectivity index (χ1) is 11.6. The molecular formula is C18H23N3O3. The molecule has 0 unspecified atom stereocenters. The number of nitrogens with one attached hydrogen (secondary N) is 1. The maximum Gasteiger partial charge on any atom is 0.223 e. The highest BCUT2D eigenvalue weighted by molar-refractivity contribution is 5.84. The summed E-state index contributed by atoms with van der Waals surface area (Å²) in [5.74, 6) is 0.501. The molecule has 0 spiro atoms. The molecule has 0 saturated heterocycles. The van der Waals surface area contributed by atoms with Crippen molar-refractivity contribution in [3.05, 3.63) is 36.5 Å². The number of nitrogens with zero attached hydrogens (tertiary/aromatic N) is 1. The van der Waals surface area contributed by atoms with Gasteiger partial charge >= 0.3 is 0 Å². The summed E-state index contributed by atoms with van der Waals surface area (Å²) in [6.45, 7) is 0.789. The van der Waals surface area contributed by atoms with Crippen molar-refractivity contribution >= 4 is 16.8 Å². The van der Waals surface area contributed by atoms with Crippen molar-refractivity contribution in [3.8, 4) is 5.75 Å². The van der Waals surface area contributed by atoms with Gasteiger partial charge in [0.05, 0.1) is 12.6 Å². The predicted octanol–water partition coefficient (Wildman–Crippen LogP) is 1.22. The molecular weight excluding hydrogens is 306 g/mol. The van der Waals surface area contributed by atoms with Crippen molar-refractivity contribution in [2.24, 2.45) is 11.7 Å². The van der Waals surface area contributed by atoms with Crippen LogP contribution in [-0.4, -0.2) is 41.3 Å². The van der Waals surface area contributed by atoms with Gasteiger partial charge in [-0.25, -0.2) is 0 Å². The third kappa shape index (κ3) is 3.83. The zero-order chi connectivity index (χ0) is 16.9. The first kappa shape index (κ1) is 16.7. The number of rotatable bonds is 5. The van der Waals surface area contributed by atoms with Crippen molar-refractivity contribution in [2.75, 3.05) is 13.2 Å². The summed E-state index contributed by atoms with van der Waals surface area (Å²) in [5, 5.41) is 13.7. The Bertz CT molecular complexity index is 701. The number of carbonyl (C=O) groups excluding carboxylic acids is 1. The Labute approximate surface area is 141 Å². The van der Waals surface area contributed by atoms with Crippen molar-refractivity contribution < 1.29 is 14.6 Å². The number of amides is 1. The Balaban J connectivity index is 1.47. The zero-order valence-corrected chi connectivity index (χ0v) is 13.5. The van der Waals surface area contributed by atoms with Crippen LogP contribution in [0.2, 0.25) is 0 Å². The van der Waals surface area contributed by atoms with Crippen molar-refractivity contribution in [3.63, 3.8) is 0 Å². The van der Waals surface area contributed by atoms with E-state index in [9.17, 15) is 9.90 Å². The third-order valence-corrected chi connectivity index (χ3v) is 4.49. The van der Waals surface area contributed by atoms with E-state index in [0.717, 1.165) is 17.3 Å². The van der Waals surface area contributed by atoms with Crippen LogP contribution < -0.4 is 15.8 Å². The van der Waals surface area contributed by atoms with E-state index in [2.05, 4.69) is 10.3 Å². The number of nitrogens with two attached hydrogens (primary N) is 1. The van der Waals surface area contributed by atoms with Gasteiger partial charge in [-0.1, -0.05) is 18.2 Å². The van der Waals surface area contributed by atoms with Crippen molar-refractivity contribution in [2.45, 2.75) is 31.4 Å². The van der Waals surface area contributed by atoms with Crippen molar-refractivity contribution in [1.82, 2.24) is 10.3 Å². The van der Waals surface area contributed by atoms with Gasteiger partial charge < -0.3 is 20.9 Å². The molecule has 0 aliphatic heterocycles. The second kappa shape index (κ2) is 7.59. The maximum absolute atomic E-state index is 12.1. The van der Waals surface area contributed by atoms with Crippen LogP contribution in [0, 0.1) is 5.92 Å². The number of para-hydroxylation sites is 1. The quantitative estimate of drug-likeness (QED) is 0.717. The van der Waals surface area contributed by atoms with E-state index >= 15 is 0 Å².